The van der Waals surface area contributed by atoms with Gasteiger partial charge in [-0.25, -0.2) is 9.82 Å². The lowest BCUT2D eigenvalue weighted by Gasteiger charge is -2.00. The van der Waals surface area contributed by atoms with Gasteiger partial charge in [0, 0.05) is 16.5 Å². The molecular formula is C16H10ClFN6. The third-order valence-corrected chi connectivity index (χ3v) is 3.81. The average Bonchev–Trinajstić information content (AvgIpc) is 2.95. The Hall–Kier alpha value is -3.06. The van der Waals surface area contributed by atoms with E-state index in [-0.39, 0.29) is 16.5 Å². The van der Waals surface area contributed by atoms with E-state index >= 15 is 0 Å². The van der Waals surface area contributed by atoms with Gasteiger partial charge in [-0.05, 0) is 18.2 Å². The third-order valence-electron chi connectivity index (χ3n) is 3.48. The maximum atomic E-state index is 13.7. The molecule has 0 unspecified atom stereocenters. The highest BCUT2D eigenvalue weighted by Crippen LogP contribution is 2.22. The molecule has 2 aromatic heterocycles. The van der Waals surface area contributed by atoms with E-state index in [1.54, 1.807) is 6.07 Å². The zero-order valence-electron chi connectivity index (χ0n) is 12.2. The van der Waals surface area contributed by atoms with Gasteiger partial charge < -0.3 is 4.98 Å². The van der Waals surface area contributed by atoms with Crippen LogP contribution in [0.4, 0.5) is 10.3 Å². The van der Waals surface area contributed by atoms with Crippen LogP contribution in [0.3, 0.4) is 0 Å². The molecule has 0 aliphatic rings. The van der Waals surface area contributed by atoms with E-state index in [9.17, 15) is 4.39 Å². The number of aromatic nitrogens is 4. The number of halogens is 2. The minimum atomic E-state index is -0.460. The maximum Gasteiger partial charge on any atom is 0.265 e. The summed E-state index contributed by atoms with van der Waals surface area (Å²) >= 11 is 5.93. The van der Waals surface area contributed by atoms with Gasteiger partial charge in [0.25, 0.3) is 5.95 Å². The second-order valence-electron chi connectivity index (χ2n) is 5.01. The van der Waals surface area contributed by atoms with Crippen LogP contribution in [-0.4, -0.2) is 26.4 Å². The molecule has 4 aromatic rings. The molecule has 0 saturated heterocycles. The number of anilines is 1. The lowest BCUT2D eigenvalue weighted by atomic mass is 10.2. The number of hydrazone groups is 1. The van der Waals surface area contributed by atoms with E-state index in [2.05, 4.69) is 30.7 Å². The summed E-state index contributed by atoms with van der Waals surface area (Å²) < 4.78 is 13.7. The molecule has 0 atom stereocenters. The standard InChI is InChI=1S/C16H10ClFN6/c17-11-5-3-6-12(18)10(11)8-19-23-16-21-15-14(22-24-16)9-4-1-2-7-13(9)20-15/h1-8H,(H2,20,21,23,24). The molecule has 0 spiro atoms. The summed E-state index contributed by atoms with van der Waals surface area (Å²) in [6.07, 6.45) is 1.27. The largest absolute Gasteiger partial charge is 0.338 e. The molecule has 0 bridgehead atoms. The van der Waals surface area contributed by atoms with Crippen LogP contribution in [0.2, 0.25) is 5.02 Å². The van der Waals surface area contributed by atoms with E-state index < -0.39 is 5.82 Å². The van der Waals surface area contributed by atoms with Crippen LogP contribution in [0.15, 0.2) is 47.6 Å². The van der Waals surface area contributed by atoms with Gasteiger partial charge in [0.15, 0.2) is 5.65 Å². The average molecular weight is 341 g/mol. The number of benzene rings is 2. The second kappa shape index (κ2) is 5.86. The summed E-state index contributed by atoms with van der Waals surface area (Å²) in [5, 5.41) is 13.3. The van der Waals surface area contributed by atoms with Crippen LogP contribution in [0.25, 0.3) is 22.1 Å². The van der Waals surface area contributed by atoms with Crippen LogP contribution in [0.1, 0.15) is 5.56 Å². The maximum absolute atomic E-state index is 13.7. The molecule has 2 aromatic carbocycles. The molecule has 0 amide bonds. The number of hydrogen-bond acceptors (Lipinski definition) is 5. The zero-order valence-corrected chi connectivity index (χ0v) is 12.9. The highest BCUT2D eigenvalue weighted by molar-refractivity contribution is 6.33. The van der Waals surface area contributed by atoms with Crippen molar-refractivity contribution in [1.82, 2.24) is 20.2 Å². The predicted molar refractivity (Wildman–Crippen MR) is 91.8 cm³/mol. The van der Waals surface area contributed by atoms with E-state index in [0.29, 0.717) is 11.2 Å². The first-order valence-electron chi connectivity index (χ1n) is 7.06. The Morgan fingerprint density at radius 1 is 1.12 bits per heavy atom. The molecule has 0 aliphatic heterocycles. The number of aromatic amines is 1. The Morgan fingerprint density at radius 2 is 2.00 bits per heavy atom. The van der Waals surface area contributed by atoms with Gasteiger partial charge in [-0.1, -0.05) is 35.9 Å². The van der Waals surface area contributed by atoms with Crippen molar-refractivity contribution >= 4 is 45.8 Å². The number of hydrogen-bond donors (Lipinski definition) is 2. The normalized spacial score (nSPS) is 11.6. The third kappa shape index (κ3) is 2.55. The number of fused-ring (bicyclic) bond motifs is 3. The van der Waals surface area contributed by atoms with Crippen molar-refractivity contribution in [2.45, 2.75) is 0 Å². The van der Waals surface area contributed by atoms with Crippen LogP contribution < -0.4 is 5.43 Å². The molecule has 6 nitrogen and oxygen atoms in total. The van der Waals surface area contributed by atoms with E-state index in [0.717, 1.165) is 10.9 Å². The number of nitrogens with one attached hydrogen (secondary N) is 2. The van der Waals surface area contributed by atoms with E-state index in [1.807, 2.05) is 24.3 Å². The van der Waals surface area contributed by atoms with Gasteiger partial charge in [-0.2, -0.15) is 10.1 Å². The zero-order chi connectivity index (χ0) is 16.5. The first kappa shape index (κ1) is 14.5. The smallest absolute Gasteiger partial charge is 0.265 e. The minimum Gasteiger partial charge on any atom is -0.338 e. The molecule has 0 saturated carbocycles. The lowest BCUT2D eigenvalue weighted by molar-refractivity contribution is 0.626. The van der Waals surface area contributed by atoms with Gasteiger partial charge in [0.2, 0.25) is 0 Å². The van der Waals surface area contributed by atoms with Crippen molar-refractivity contribution in [3.05, 3.63) is 58.9 Å². The highest BCUT2D eigenvalue weighted by Gasteiger charge is 2.08. The van der Waals surface area contributed by atoms with Crippen molar-refractivity contribution in [3.8, 4) is 0 Å². The Balaban J connectivity index is 1.63. The fraction of sp³-hybridized carbons (Fsp3) is 0. The van der Waals surface area contributed by atoms with Gasteiger partial charge in [0.05, 0.1) is 11.2 Å². The van der Waals surface area contributed by atoms with Crippen LogP contribution in [-0.2, 0) is 0 Å². The molecule has 2 N–H and O–H groups in total. The highest BCUT2D eigenvalue weighted by atomic mass is 35.5. The first-order chi connectivity index (χ1) is 11.7. The molecule has 118 valence electrons. The van der Waals surface area contributed by atoms with E-state index in [4.69, 9.17) is 11.6 Å². The summed E-state index contributed by atoms with van der Waals surface area (Å²) in [4.78, 5) is 7.47. The van der Waals surface area contributed by atoms with Gasteiger partial charge >= 0.3 is 0 Å². The van der Waals surface area contributed by atoms with E-state index in [1.165, 1.54) is 18.3 Å². The van der Waals surface area contributed by atoms with Crippen molar-refractivity contribution in [2.24, 2.45) is 5.10 Å². The number of rotatable bonds is 3. The fourth-order valence-corrected chi connectivity index (χ4v) is 2.57. The Bertz CT molecular complexity index is 1050. The number of para-hydroxylation sites is 1. The SMILES string of the molecule is Fc1cccc(Cl)c1C=NNc1nnc2c(n1)[nH]c1ccccc12. The predicted octanol–water partition coefficient (Wildman–Crippen LogP) is 3.74. The molecule has 8 heteroatoms. The number of H-pyrrole nitrogens is 1. The number of nitrogens with zero attached hydrogens (tertiary/aromatic N) is 4. The van der Waals surface area contributed by atoms with Gasteiger partial charge in [-0.3, -0.25) is 0 Å². The molecule has 2 heterocycles. The van der Waals surface area contributed by atoms with Crippen LogP contribution >= 0.6 is 11.6 Å². The summed E-state index contributed by atoms with van der Waals surface area (Å²) in [5.74, 6) is -0.268. The molecule has 0 radical (unpaired) electrons. The van der Waals surface area contributed by atoms with Crippen molar-refractivity contribution < 1.29 is 4.39 Å². The van der Waals surface area contributed by atoms with Crippen LogP contribution in [0.5, 0.6) is 0 Å². The molecule has 0 aliphatic carbocycles. The second-order valence-corrected chi connectivity index (χ2v) is 5.42. The van der Waals surface area contributed by atoms with Gasteiger partial charge in [0.1, 0.15) is 11.3 Å². The van der Waals surface area contributed by atoms with Crippen molar-refractivity contribution in [3.63, 3.8) is 0 Å². The topological polar surface area (TPSA) is 78.8 Å². The Labute approximate surface area is 140 Å². The summed E-state index contributed by atoms with van der Waals surface area (Å²) in [6.45, 7) is 0. The molecule has 0 fully saturated rings. The quantitative estimate of drug-likeness (QED) is 0.440. The molecular weight excluding hydrogens is 331 g/mol. The molecule has 24 heavy (non-hydrogen) atoms. The first-order valence-corrected chi connectivity index (χ1v) is 7.44. The summed E-state index contributed by atoms with van der Waals surface area (Å²) in [6, 6.07) is 12.1. The lowest BCUT2D eigenvalue weighted by Crippen LogP contribution is -2.00. The monoisotopic (exact) mass is 340 g/mol. The Morgan fingerprint density at radius 3 is 2.88 bits per heavy atom. The Kier molecular flexibility index (Phi) is 3.55. The van der Waals surface area contributed by atoms with Gasteiger partial charge in [-0.15, -0.1) is 10.2 Å². The fourth-order valence-electron chi connectivity index (χ4n) is 2.36. The summed E-state index contributed by atoms with van der Waals surface area (Å²) in [7, 11) is 0. The summed E-state index contributed by atoms with van der Waals surface area (Å²) in [5.41, 5.74) is 5.00. The van der Waals surface area contributed by atoms with Crippen LogP contribution in [0, 0.1) is 5.82 Å². The van der Waals surface area contributed by atoms with Crippen molar-refractivity contribution in [1.29, 1.82) is 0 Å². The minimum absolute atomic E-state index is 0.186. The molecule has 4 rings (SSSR count). The van der Waals surface area contributed by atoms with Crippen molar-refractivity contribution in [2.75, 3.05) is 5.43 Å².